The molecule has 0 bridgehead atoms. The Morgan fingerprint density at radius 2 is 2.14 bits per heavy atom. The number of carbonyl (C=O) groups is 1. The molecule has 4 heteroatoms. The number of aryl methyl sites for hydroxylation is 1. The molecule has 0 radical (unpaired) electrons. The topological polar surface area (TPSA) is 45.5 Å². The Labute approximate surface area is 131 Å². The smallest absolute Gasteiger partial charge is 0.237 e. The van der Waals surface area contributed by atoms with Crippen LogP contribution < -0.4 is 5.32 Å². The zero-order valence-corrected chi connectivity index (χ0v) is 13.4. The lowest BCUT2D eigenvalue weighted by atomic mass is 10.1. The molecule has 22 heavy (non-hydrogen) atoms. The van der Waals surface area contributed by atoms with E-state index < -0.39 is 0 Å². The molecular formula is C18H24N2O2. The normalized spacial score (nSPS) is 20.0. The van der Waals surface area contributed by atoms with E-state index in [0.29, 0.717) is 6.54 Å². The summed E-state index contributed by atoms with van der Waals surface area (Å²) in [5, 5.41) is 4.18. The molecule has 1 atom stereocenters. The van der Waals surface area contributed by atoms with Gasteiger partial charge < -0.3 is 9.73 Å². The van der Waals surface area contributed by atoms with Crippen LogP contribution in [0.2, 0.25) is 0 Å². The first-order chi connectivity index (χ1) is 10.7. The van der Waals surface area contributed by atoms with Crippen LogP contribution in [0.15, 0.2) is 28.7 Å². The molecule has 0 spiro atoms. The second-order valence-electron chi connectivity index (χ2n) is 6.21. The summed E-state index contributed by atoms with van der Waals surface area (Å²) < 4.78 is 5.86. The highest BCUT2D eigenvalue weighted by Crippen LogP contribution is 2.24. The maximum atomic E-state index is 12.5. The van der Waals surface area contributed by atoms with Crippen molar-refractivity contribution in [1.82, 2.24) is 10.2 Å². The van der Waals surface area contributed by atoms with Gasteiger partial charge in [-0.3, -0.25) is 9.69 Å². The van der Waals surface area contributed by atoms with Gasteiger partial charge >= 0.3 is 0 Å². The molecule has 2 aromatic rings. The van der Waals surface area contributed by atoms with E-state index in [1.807, 2.05) is 32.2 Å². The fourth-order valence-corrected chi connectivity index (χ4v) is 3.26. The highest BCUT2D eigenvalue weighted by atomic mass is 16.3. The summed E-state index contributed by atoms with van der Waals surface area (Å²) >= 11 is 0. The lowest BCUT2D eigenvalue weighted by Crippen LogP contribution is -2.44. The zero-order valence-electron chi connectivity index (χ0n) is 13.4. The van der Waals surface area contributed by atoms with E-state index in [2.05, 4.69) is 16.3 Å². The SMILES string of the molecule is Cc1c(CNC(=O)[C@@H]2CCCCCN2C)oc2ccccc12. The number of nitrogens with one attached hydrogen (secondary N) is 1. The Balaban J connectivity index is 1.68. The standard InChI is InChI=1S/C18H24N2O2/c1-13-14-8-5-6-10-16(14)22-17(13)12-19-18(21)15-9-4-3-7-11-20(15)2/h5-6,8,10,15H,3-4,7,9,11-12H2,1-2H3,(H,19,21)/t15-/m0/s1. The number of furan rings is 1. The quantitative estimate of drug-likeness (QED) is 0.946. The van der Waals surface area contributed by atoms with Gasteiger partial charge in [-0.15, -0.1) is 0 Å². The van der Waals surface area contributed by atoms with Crippen molar-refractivity contribution < 1.29 is 9.21 Å². The van der Waals surface area contributed by atoms with Gasteiger partial charge in [-0.05, 0) is 39.4 Å². The van der Waals surface area contributed by atoms with E-state index >= 15 is 0 Å². The molecule has 1 aliphatic rings. The summed E-state index contributed by atoms with van der Waals surface area (Å²) in [5.74, 6) is 0.968. The predicted octanol–water partition coefficient (Wildman–Crippen LogP) is 3.23. The van der Waals surface area contributed by atoms with Gasteiger partial charge in [0.15, 0.2) is 0 Å². The molecule has 3 rings (SSSR count). The second kappa shape index (κ2) is 6.53. The molecule has 2 heterocycles. The summed E-state index contributed by atoms with van der Waals surface area (Å²) in [5.41, 5.74) is 2.00. The number of fused-ring (bicyclic) bond motifs is 1. The molecule has 1 amide bonds. The van der Waals surface area contributed by atoms with Crippen LogP contribution in [-0.4, -0.2) is 30.4 Å². The predicted molar refractivity (Wildman–Crippen MR) is 87.7 cm³/mol. The van der Waals surface area contributed by atoms with E-state index in [1.165, 1.54) is 12.8 Å². The molecule has 1 saturated heterocycles. The van der Waals surface area contributed by atoms with Crippen LogP contribution in [0, 0.1) is 6.92 Å². The number of likely N-dealkylation sites (N-methyl/N-ethyl adjacent to an activating group) is 1. The van der Waals surface area contributed by atoms with Gasteiger partial charge in [0.1, 0.15) is 11.3 Å². The van der Waals surface area contributed by atoms with Crippen LogP contribution in [-0.2, 0) is 11.3 Å². The van der Waals surface area contributed by atoms with Crippen molar-refractivity contribution in [1.29, 1.82) is 0 Å². The highest BCUT2D eigenvalue weighted by molar-refractivity contribution is 5.83. The van der Waals surface area contributed by atoms with Gasteiger partial charge in [-0.25, -0.2) is 0 Å². The zero-order chi connectivity index (χ0) is 15.5. The average Bonchev–Trinajstić information content (AvgIpc) is 2.69. The molecule has 1 aromatic heterocycles. The number of amides is 1. The number of hydrogen-bond acceptors (Lipinski definition) is 3. The average molecular weight is 300 g/mol. The molecule has 0 saturated carbocycles. The number of likely N-dealkylation sites (tertiary alicyclic amines) is 1. The van der Waals surface area contributed by atoms with Crippen LogP contribution in [0.4, 0.5) is 0 Å². The molecule has 1 aliphatic heterocycles. The third kappa shape index (κ3) is 3.02. The van der Waals surface area contributed by atoms with E-state index in [0.717, 1.165) is 41.7 Å². The van der Waals surface area contributed by atoms with Crippen LogP contribution >= 0.6 is 0 Å². The lowest BCUT2D eigenvalue weighted by Gasteiger charge is -2.24. The van der Waals surface area contributed by atoms with Crippen LogP contribution in [0.1, 0.15) is 37.0 Å². The number of nitrogens with zero attached hydrogens (tertiary/aromatic N) is 1. The molecular weight excluding hydrogens is 276 g/mol. The molecule has 1 N–H and O–H groups in total. The van der Waals surface area contributed by atoms with Gasteiger partial charge in [0.2, 0.25) is 5.91 Å². The maximum absolute atomic E-state index is 12.5. The Kier molecular flexibility index (Phi) is 4.48. The van der Waals surface area contributed by atoms with Crippen molar-refractivity contribution in [2.75, 3.05) is 13.6 Å². The van der Waals surface area contributed by atoms with E-state index in [1.54, 1.807) is 0 Å². The summed E-state index contributed by atoms with van der Waals surface area (Å²) in [4.78, 5) is 14.6. The lowest BCUT2D eigenvalue weighted by molar-refractivity contribution is -0.126. The van der Waals surface area contributed by atoms with Crippen LogP contribution in [0.5, 0.6) is 0 Å². The minimum absolute atomic E-state index is 0.00724. The third-order valence-electron chi connectivity index (χ3n) is 4.69. The first-order valence-corrected chi connectivity index (χ1v) is 8.12. The summed E-state index contributed by atoms with van der Waals surface area (Å²) in [6, 6.07) is 7.99. The summed E-state index contributed by atoms with van der Waals surface area (Å²) in [6.07, 6.45) is 4.48. The van der Waals surface area contributed by atoms with Crippen molar-refractivity contribution >= 4 is 16.9 Å². The van der Waals surface area contributed by atoms with Gasteiger partial charge in [0.25, 0.3) is 0 Å². The molecule has 0 aliphatic carbocycles. The van der Waals surface area contributed by atoms with Gasteiger partial charge in [0, 0.05) is 10.9 Å². The number of carbonyl (C=O) groups excluding carboxylic acids is 1. The van der Waals surface area contributed by atoms with Crippen molar-refractivity contribution in [2.24, 2.45) is 0 Å². The first-order valence-electron chi connectivity index (χ1n) is 8.12. The third-order valence-corrected chi connectivity index (χ3v) is 4.69. The minimum atomic E-state index is -0.00724. The van der Waals surface area contributed by atoms with E-state index in [4.69, 9.17) is 4.42 Å². The van der Waals surface area contributed by atoms with Gasteiger partial charge in [-0.1, -0.05) is 31.0 Å². The highest BCUT2D eigenvalue weighted by Gasteiger charge is 2.24. The Hall–Kier alpha value is -1.81. The Morgan fingerprint density at radius 1 is 1.32 bits per heavy atom. The monoisotopic (exact) mass is 300 g/mol. The molecule has 118 valence electrons. The van der Waals surface area contributed by atoms with Crippen molar-refractivity contribution in [2.45, 2.75) is 45.2 Å². The Bertz CT molecular complexity index is 662. The van der Waals surface area contributed by atoms with Crippen molar-refractivity contribution in [3.05, 3.63) is 35.6 Å². The maximum Gasteiger partial charge on any atom is 0.237 e. The fraction of sp³-hybridized carbons (Fsp3) is 0.500. The second-order valence-corrected chi connectivity index (χ2v) is 6.21. The number of hydrogen-bond donors (Lipinski definition) is 1. The first kappa shape index (κ1) is 15.1. The van der Waals surface area contributed by atoms with Gasteiger partial charge in [0.05, 0.1) is 12.6 Å². The summed E-state index contributed by atoms with van der Waals surface area (Å²) in [7, 11) is 2.04. The van der Waals surface area contributed by atoms with Crippen LogP contribution in [0.3, 0.4) is 0 Å². The van der Waals surface area contributed by atoms with Crippen molar-refractivity contribution in [3.8, 4) is 0 Å². The van der Waals surface area contributed by atoms with Crippen molar-refractivity contribution in [3.63, 3.8) is 0 Å². The number of para-hydroxylation sites is 1. The summed E-state index contributed by atoms with van der Waals surface area (Å²) in [6.45, 7) is 3.51. The Morgan fingerprint density at radius 3 is 2.95 bits per heavy atom. The van der Waals surface area contributed by atoms with Crippen LogP contribution in [0.25, 0.3) is 11.0 Å². The number of benzene rings is 1. The van der Waals surface area contributed by atoms with E-state index in [-0.39, 0.29) is 11.9 Å². The molecule has 1 fully saturated rings. The minimum Gasteiger partial charge on any atom is -0.459 e. The molecule has 1 aromatic carbocycles. The molecule has 0 unspecified atom stereocenters. The fourth-order valence-electron chi connectivity index (χ4n) is 3.26. The number of rotatable bonds is 3. The van der Waals surface area contributed by atoms with Gasteiger partial charge in [-0.2, -0.15) is 0 Å². The van der Waals surface area contributed by atoms with E-state index in [9.17, 15) is 4.79 Å². The molecule has 4 nitrogen and oxygen atoms in total. The largest absolute Gasteiger partial charge is 0.459 e.